The van der Waals surface area contributed by atoms with Crippen LogP contribution in [0.3, 0.4) is 0 Å². The second-order valence-electron chi connectivity index (χ2n) is 5.11. The minimum atomic E-state index is -0.323. The second-order valence-corrected chi connectivity index (χ2v) is 5.11. The summed E-state index contributed by atoms with van der Waals surface area (Å²) in [4.78, 5) is 0. The highest BCUT2D eigenvalue weighted by Crippen LogP contribution is 2.31. The first-order chi connectivity index (χ1) is 10.2. The summed E-state index contributed by atoms with van der Waals surface area (Å²) < 4.78 is 25.0. The van der Waals surface area contributed by atoms with Crippen molar-refractivity contribution in [2.75, 3.05) is 14.2 Å². The third kappa shape index (κ3) is 2.52. The number of methoxy groups -OCH3 is 1. The summed E-state index contributed by atoms with van der Waals surface area (Å²) in [5.74, 6) is -0.0617. The summed E-state index contributed by atoms with van der Waals surface area (Å²) in [5, 5.41) is 3.18. The zero-order valence-corrected chi connectivity index (χ0v) is 12.2. The second kappa shape index (κ2) is 5.84. The van der Waals surface area contributed by atoms with Crippen LogP contribution in [0.2, 0.25) is 0 Å². The number of halogens is 1. The molecule has 0 saturated carbocycles. The molecule has 0 aliphatic carbocycles. The largest absolute Gasteiger partial charge is 0.494 e. The summed E-state index contributed by atoms with van der Waals surface area (Å²) >= 11 is 0. The molecule has 1 unspecified atom stereocenters. The molecule has 2 aromatic rings. The molecule has 1 heterocycles. The van der Waals surface area contributed by atoms with Crippen molar-refractivity contribution < 1.29 is 13.9 Å². The van der Waals surface area contributed by atoms with Gasteiger partial charge in [0, 0.05) is 5.56 Å². The van der Waals surface area contributed by atoms with E-state index < -0.39 is 0 Å². The number of fused-ring (bicyclic) bond motifs is 1. The molecule has 0 radical (unpaired) electrons. The van der Waals surface area contributed by atoms with Gasteiger partial charge >= 0.3 is 0 Å². The Morgan fingerprint density at radius 1 is 1.19 bits per heavy atom. The predicted molar refractivity (Wildman–Crippen MR) is 78.8 cm³/mol. The van der Waals surface area contributed by atoms with Gasteiger partial charge in [-0.05, 0) is 29.8 Å². The average Bonchev–Trinajstić information content (AvgIpc) is 2.97. The Morgan fingerprint density at radius 2 is 2.00 bits per heavy atom. The van der Waals surface area contributed by atoms with Crippen LogP contribution in [0.1, 0.15) is 28.3 Å². The Kier molecular flexibility index (Phi) is 3.90. The van der Waals surface area contributed by atoms with E-state index in [1.165, 1.54) is 18.2 Å². The van der Waals surface area contributed by atoms with Crippen molar-refractivity contribution in [2.24, 2.45) is 0 Å². The van der Waals surface area contributed by atoms with Crippen molar-refractivity contribution in [1.82, 2.24) is 5.32 Å². The fourth-order valence-corrected chi connectivity index (χ4v) is 2.78. The first kappa shape index (κ1) is 14.0. The van der Waals surface area contributed by atoms with Gasteiger partial charge in [-0.3, -0.25) is 0 Å². The molecule has 21 heavy (non-hydrogen) atoms. The van der Waals surface area contributed by atoms with Gasteiger partial charge in [0.05, 0.1) is 26.4 Å². The lowest BCUT2D eigenvalue weighted by molar-refractivity contribution is 0.134. The molecule has 0 fully saturated rings. The molecule has 0 aromatic heterocycles. The minimum absolute atomic E-state index is 0.217. The van der Waals surface area contributed by atoms with Crippen LogP contribution >= 0.6 is 0 Å². The fourth-order valence-electron chi connectivity index (χ4n) is 2.78. The third-order valence-corrected chi connectivity index (χ3v) is 3.89. The first-order valence-electron chi connectivity index (χ1n) is 6.93. The smallest absolute Gasteiger partial charge is 0.170 e. The number of hydrogen-bond donors (Lipinski definition) is 1. The molecule has 4 heteroatoms. The maximum absolute atomic E-state index is 14.5. The molecule has 1 N–H and O–H groups in total. The van der Waals surface area contributed by atoms with E-state index in [-0.39, 0.29) is 17.6 Å². The van der Waals surface area contributed by atoms with Crippen molar-refractivity contribution in [3.8, 4) is 5.75 Å². The van der Waals surface area contributed by atoms with Crippen molar-refractivity contribution in [1.29, 1.82) is 0 Å². The highest BCUT2D eigenvalue weighted by atomic mass is 19.1. The van der Waals surface area contributed by atoms with Gasteiger partial charge in [-0.1, -0.05) is 30.3 Å². The standard InChI is InChI=1S/C17H18FNO2/c1-19-17(14-4-3-5-15(20-2)16(14)18)11-6-7-12-9-21-10-13(12)8-11/h3-8,17,19H,9-10H2,1-2H3. The van der Waals surface area contributed by atoms with Gasteiger partial charge in [-0.2, -0.15) is 0 Å². The zero-order valence-electron chi connectivity index (χ0n) is 12.2. The van der Waals surface area contributed by atoms with Crippen molar-refractivity contribution >= 4 is 0 Å². The molecule has 3 rings (SSSR count). The molecule has 110 valence electrons. The van der Waals surface area contributed by atoms with E-state index >= 15 is 0 Å². The molecule has 2 aromatic carbocycles. The van der Waals surface area contributed by atoms with Gasteiger partial charge in [-0.25, -0.2) is 4.39 Å². The maximum Gasteiger partial charge on any atom is 0.170 e. The number of nitrogens with one attached hydrogen (secondary N) is 1. The molecule has 0 saturated heterocycles. The van der Waals surface area contributed by atoms with Crippen LogP contribution < -0.4 is 10.1 Å². The minimum Gasteiger partial charge on any atom is -0.494 e. The van der Waals surface area contributed by atoms with E-state index in [9.17, 15) is 4.39 Å². The number of hydrogen-bond acceptors (Lipinski definition) is 3. The van der Waals surface area contributed by atoms with E-state index in [0.29, 0.717) is 18.8 Å². The van der Waals surface area contributed by atoms with Gasteiger partial charge in [0.2, 0.25) is 0 Å². The highest BCUT2D eigenvalue weighted by molar-refractivity contribution is 5.41. The lowest BCUT2D eigenvalue weighted by Crippen LogP contribution is -2.19. The van der Waals surface area contributed by atoms with Crippen LogP contribution in [0.4, 0.5) is 4.39 Å². The summed E-state index contributed by atoms with van der Waals surface area (Å²) in [6.07, 6.45) is 0. The van der Waals surface area contributed by atoms with Crippen LogP contribution in [-0.4, -0.2) is 14.2 Å². The zero-order chi connectivity index (χ0) is 14.8. The molecule has 1 aliphatic heterocycles. The third-order valence-electron chi connectivity index (χ3n) is 3.89. The maximum atomic E-state index is 14.5. The van der Waals surface area contributed by atoms with E-state index in [1.54, 1.807) is 18.2 Å². The lowest BCUT2D eigenvalue weighted by Gasteiger charge is -2.19. The average molecular weight is 287 g/mol. The van der Waals surface area contributed by atoms with Crippen LogP contribution in [0.5, 0.6) is 5.75 Å². The van der Waals surface area contributed by atoms with Gasteiger partial charge in [0.25, 0.3) is 0 Å². The van der Waals surface area contributed by atoms with Crippen LogP contribution in [0.25, 0.3) is 0 Å². The SMILES string of the molecule is CNC(c1ccc2c(c1)COC2)c1cccc(OC)c1F. The summed E-state index contributed by atoms with van der Waals surface area (Å²) in [5.41, 5.74) is 3.99. The summed E-state index contributed by atoms with van der Waals surface area (Å²) in [6, 6.07) is 11.2. The molecule has 1 atom stereocenters. The molecular formula is C17H18FNO2. The highest BCUT2D eigenvalue weighted by Gasteiger charge is 2.21. The van der Waals surface area contributed by atoms with E-state index in [2.05, 4.69) is 17.4 Å². The summed E-state index contributed by atoms with van der Waals surface area (Å²) in [7, 11) is 3.30. The van der Waals surface area contributed by atoms with Gasteiger partial charge in [-0.15, -0.1) is 0 Å². The number of benzene rings is 2. The molecule has 0 amide bonds. The van der Waals surface area contributed by atoms with Crippen molar-refractivity contribution in [3.63, 3.8) is 0 Å². The van der Waals surface area contributed by atoms with Crippen molar-refractivity contribution in [2.45, 2.75) is 19.3 Å². The Hall–Kier alpha value is -1.91. The number of rotatable bonds is 4. The predicted octanol–water partition coefficient (Wildman–Crippen LogP) is 3.17. The monoisotopic (exact) mass is 287 g/mol. The topological polar surface area (TPSA) is 30.5 Å². The molecule has 1 aliphatic rings. The first-order valence-corrected chi connectivity index (χ1v) is 6.93. The Morgan fingerprint density at radius 3 is 2.76 bits per heavy atom. The Balaban J connectivity index is 2.02. The fraction of sp³-hybridized carbons (Fsp3) is 0.294. The quantitative estimate of drug-likeness (QED) is 0.937. The van der Waals surface area contributed by atoms with Gasteiger partial charge in [0.15, 0.2) is 11.6 Å². The van der Waals surface area contributed by atoms with Crippen molar-refractivity contribution in [3.05, 3.63) is 64.5 Å². The molecule has 0 spiro atoms. The molecule has 3 nitrogen and oxygen atoms in total. The molecule has 0 bridgehead atoms. The molecular weight excluding hydrogens is 269 g/mol. The Labute approximate surface area is 123 Å². The van der Waals surface area contributed by atoms with E-state index in [4.69, 9.17) is 9.47 Å². The van der Waals surface area contributed by atoms with Crippen LogP contribution in [0.15, 0.2) is 36.4 Å². The number of ether oxygens (including phenoxy) is 2. The van der Waals surface area contributed by atoms with Crippen LogP contribution in [-0.2, 0) is 18.0 Å². The van der Waals surface area contributed by atoms with Gasteiger partial charge in [0.1, 0.15) is 0 Å². The lowest BCUT2D eigenvalue weighted by atomic mass is 9.95. The van der Waals surface area contributed by atoms with E-state index in [0.717, 1.165) is 5.56 Å². The van der Waals surface area contributed by atoms with Gasteiger partial charge < -0.3 is 14.8 Å². The summed E-state index contributed by atoms with van der Waals surface area (Å²) in [6.45, 7) is 1.29. The van der Waals surface area contributed by atoms with Crippen LogP contribution in [0, 0.1) is 5.82 Å². The van der Waals surface area contributed by atoms with E-state index in [1.807, 2.05) is 13.1 Å². The normalized spacial score (nSPS) is 14.8. The Bertz CT molecular complexity index is 657.